The monoisotopic (exact) mass is 1150 g/mol. The maximum Gasteiger partial charge on any atom is 0.200 e. The average Bonchev–Trinajstić information content (AvgIpc) is 3.67. The largest absolute Gasteiger partial charge is 0.410 e. The minimum atomic E-state index is -2.59. The molecule has 2 aliphatic rings. The molecule has 10 atom stereocenters. The van der Waals surface area contributed by atoms with Crippen molar-refractivity contribution < 1.29 is 42.3 Å². The molecule has 8 rings (SSSR count). The number of rotatable bonds is 31. The highest BCUT2D eigenvalue weighted by molar-refractivity contribution is 7.99. The summed E-state index contributed by atoms with van der Waals surface area (Å²) in [4.78, 5) is 1.07. The van der Waals surface area contributed by atoms with Crippen LogP contribution in [0.15, 0.2) is 212 Å². The summed E-state index contributed by atoms with van der Waals surface area (Å²) in [7, 11) is -2.59. The summed E-state index contributed by atoms with van der Waals surface area (Å²) >= 11 is 1.69. The SMILES string of the molecule is C=CC[C@H]1O[C@@H](COCc2ccccc2)[C@H](OCc2ccccc2)C/C=C\[C@@H]1O[C@@H](C[C@@H](OCc1ccccc1)[C@]1(C)O[C@H](COCc2ccccc2)[C@@H](OCc2ccccc2)C[C@H]1O[Si](C(C)C)(C(C)C)C(C)C)Sc1ccccc1. The van der Waals surface area contributed by atoms with E-state index in [-0.39, 0.29) is 12.2 Å². The van der Waals surface area contributed by atoms with Crippen LogP contribution in [0.1, 0.15) is 102 Å². The minimum Gasteiger partial charge on any atom is -0.410 e. The number of hydrogen-bond acceptors (Lipinski definition) is 10. The van der Waals surface area contributed by atoms with Crippen molar-refractivity contribution in [1.29, 1.82) is 0 Å². The van der Waals surface area contributed by atoms with Gasteiger partial charge in [0.25, 0.3) is 0 Å². The molecule has 0 saturated carbocycles. The van der Waals surface area contributed by atoms with Gasteiger partial charge >= 0.3 is 0 Å². The Bertz CT molecular complexity index is 2720. The number of hydrogen-bond donors (Lipinski definition) is 0. The van der Waals surface area contributed by atoms with Crippen molar-refractivity contribution in [2.75, 3.05) is 13.2 Å². The van der Waals surface area contributed by atoms with E-state index in [4.69, 9.17) is 42.3 Å². The van der Waals surface area contributed by atoms with Gasteiger partial charge in [-0.05, 0) is 76.3 Å². The highest BCUT2D eigenvalue weighted by Crippen LogP contribution is 2.49. The van der Waals surface area contributed by atoms with Gasteiger partial charge in [-0.1, -0.05) is 241 Å². The third kappa shape index (κ3) is 18.0. The lowest BCUT2D eigenvalue weighted by Crippen LogP contribution is -2.66. The lowest BCUT2D eigenvalue weighted by Gasteiger charge is -2.55. The lowest BCUT2D eigenvalue weighted by molar-refractivity contribution is -0.277. The Morgan fingerprint density at radius 3 is 1.51 bits per heavy atom. The smallest absolute Gasteiger partial charge is 0.200 e. The fraction of sp³-hybridized carbons (Fsp3) is 0.437. The predicted octanol–water partition coefficient (Wildman–Crippen LogP) is 16.5. The first-order valence-corrected chi connectivity index (χ1v) is 32.8. The molecular weight excluding hydrogens is 1060 g/mol. The van der Waals surface area contributed by atoms with Crippen molar-refractivity contribution in [3.8, 4) is 0 Å². The van der Waals surface area contributed by atoms with Gasteiger partial charge in [0.15, 0.2) is 0 Å². The molecule has 6 aromatic carbocycles. The summed E-state index contributed by atoms with van der Waals surface area (Å²) in [6, 6.07) is 62.2. The second-order valence-electron chi connectivity index (χ2n) is 23.1. The van der Waals surface area contributed by atoms with Gasteiger partial charge in [0.2, 0.25) is 8.32 Å². The summed E-state index contributed by atoms with van der Waals surface area (Å²) in [6.45, 7) is 23.3. The first-order chi connectivity index (χ1) is 39.9. The van der Waals surface area contributed by atoms with Gasteiger partial charge in [-0.25, -0.2) is 0 Å². The Kier molecular flexibility index (Phi) is 24.9. The van der Waals surface area contributed by atoms with Gasteiger partial charge in [0.1, 0.15) is 29.3 Å². The van der Waals surface area contributed by atoms with Crippen LogP contribution in [0, 0.1) is 0 Å². The first kappa shape index (κ1) is 63.0. The van der Waals surface area contributed by atoms with Gasteiger partial charge < -0.3 is 42.3 Å². The van der Waals surface area contributed by atoms with Crippen molar-refractivity contribution in [1.82, 2.24) is 0 Å². The van der Waals surface area contributed by atoms with Crippen LogP contribution in [0.3, 0.4) is 0 Å². The molecule has 0 unspecified atom stereocenters. The van der Waals surface area contributed by atoms with E-state index in [1.165, 1.54) is 0 Å². The summed E-state index contributed by atoms with van der Waals surface area (Å²) in [5, 5.41) is 0. The van der Waals surface area contributed by atoms with Crippen molar-refractivity contribution in [2.24, 2.45) is 0 Å². The molecule has 0 aliphatic carbocycles. The van der Waals surface area contributed by atoms with Gasteiger partial charge in [-0.15, -0.1) is 6.58 Å². The van der Waals surface area contributed by atoms with Crippen molar-refractivity contribution in [3.63, 3.8) is 0 Å². The topological polar surface area (TPSA) is 83.1 Å². The zero-order chi connectivity index (χ0) is 57.6. The second kappa shape index (κ2) is 32.3. The third-order valence-corrected chi connectivity index (χ3v) is 23.5. The van der Waals surface area contributed by atoms with Gasteiger partial charge in [0, 0.05) is 17.7 Å². The number of benzene rings is 6. The average molecular weight is 1150 g/mol. The van der Waals surface area contributed by atoms with Crippen LogP contribution in [0.2, 0.25) is 16.6 Å². The maximum absolute atomic E-state index is 8.08. The van der Waals surface area contributed by atoms with Crippen LogP contribution in [0.4, 0.5) is 0 Å². The summed E-state index contributed by atoms with van der Waals surface area (Å²) in [5.41, 5.74) is 4.88. The summed E-state index contributed by atoms with van der Waals surface area (Å²) in [6.07, 6.45) is 5.04. The van der Waals surface area contributed by atoms with E-state index in [9.17, 15) is 0 Å². The van der Waals surface area contributed by atoms with E-state index < -0.39 is 56.0 Å². The fourth-order valence-corrected chi connectivity index (χ4v) is 18.7. The molecule has 0 radical (unpaired) electrons. The molecular formula is C71H90O9SSi. The molecule has 9 nitrogen and oxygen atoms in total. The Balaban J connectivity index is 1.18. The van der Waals surface area contributed by atoms with Crippen LogP contribution in [-0.4, -0.2) is 81.4 Å². The Morgan fingerprint density at radius 2 is 1.02 bits per heavy atom. The predicted molar refractivity (Wildman–Crippen MR) is 334 cm³/mol. The molecule has 1 saturated heterocycles. The molecule has 438 valence electrons. The summed E-state index contributed by atoms with van der Waals surface area (Å²) < 4.78 is 65.2. The van der Waals surface area contributed by atoms with E-state index in [0.29, 0.717) is 88.6 Å². The molecule has 0 bridgehead atoms. The molecule has 2 aliphatic heterocycles. The fourth-order valence-electron chi connectivity index (χ4n) is 12.0. The molecule has 82 heavy (non-hydrogen) atoms. The molecule has 11 heteroatoms. The van der Waals surface area contributed by atoms with Crippen molar-refractivity contribution in [3.05, 3.63) is 235 Å². The first-order valence-electron chi connectivity index (χ1n) is 29.8. The van der Waals surface area contributed by atoms with Crippen LogP contribution < -0.4 is 0 Å². The van der Waals surface area contributed by atoms with Crippen LogP contribution in [-0.2, 0) is 75.4 Å². The molecule has 1 fully saturated rings. The quantitative estimate of drug-likeness (QED) is 0.0182. The third-order valence-electron chi connectivity index (χ3n) is 16.2. The van der Waals surface area contributed by atoms with E-state index in [2.05, 4.69) is 182 Å². The van der Waals surface area contributed by atoms with E-state index in [1.807, 2.05) is 72.8 Å². The van der Waals surface area contributed by atoms with Crippen LogP contribution in [0.5, 0.6) is 0 Å². The Labute approximate surface area is 496 Å². The van der Waals surface area contributed by atoms with Gasteiger partial charge in [-0.2, -0.15) is 0 Å². The Morgan fingerprint density at radius 1 is 0.573 bits per heavy atom. The molecule has 0 aromatic heterocycles. The number of thioether (sulfide) groups is 1. The highest BCUT2D eigenvalue weighted by Gasteiger charge is 2.57. The Hall–Kier alpha value is -4.99. The van der Waals surface area contributed by atoms with Crippen LogP contribution in [0.25, 0.3) is 0 Å². The van der Waals surface area contributed by atoms with Gasteiger partial charge in [-0.3, -0.25) is 0 Å². The molecule has 0 spiro atoms. The zero-order valence-corrected chi connectivity index (χ0v) is 51.4. The molecule has 2 heterocycles. The van der Waals surface area contributed by atoms with E-state index in [0.717, 1.165) is 32.7 Å². The number of ether oxygens (including phenoxy) is 8. The van der Waals surface area contributed by atoms with E-state index in [1.54, 1.807) is 11.8 Å². The zero-order valence-electron chi connectivity index (χ0n) is 49.5. The highest BCUT2D eigenvalue weighted by atomic mass is 32.2. The second-order valence-corrected chi connectivity index (χ2v) is 29.7. The van der Waals surface area contributed by atoms with Crippen molar-refractivity contribution in [2.45, 2.75) is 189 Å². The lowest BCUT2D eigenvalue weighted by atomic mass is 9.82. The summed E-state index contributed by atoms with van der Waals surface area (Å²) in [5.74, 6) is 0. The van der Waals surface area contributed by atoms with Gasteiger partial charge in [0.05, 0.1) is 76.8 Å². The van der Waals surface area contributed by atoms with Crippen LogP contribution >= 0.6 is 11.8 Å². The normalized spacial score (nSPS) is 23.5. The molecule has 0 N–H and O–H groups in total. The molecule has 6 aromatic rings. The standard InChI is InChI=1S/C71H90O9SSi/c1-9-29-63-64(43-28-42-62(74-48-58-34-20-12-21-35-58)66(77-63)51-72-46-56-30-16-10-17-31-56)78-70(81-61-40-26-15-27-41-61)45-68(76-50-60-38-24-14-25-39-60)71(8)69(80-82(53(2)3,54(4)5)55(6)7)44-65(75-49-59-36-22-13-23-37-59)67(79-71)52-73-47-57-32-18-11-19-33-57/h9-28,30-41,43,53-55,62-70H,1,29,42,44-52H2,2-8H3/b43-28-/t62-,63-,64+,65+,66+,67-,68-,69-,70-,71+/m1/s1. The minimum absolute atomic E-state index is 0.283. The molecule has 0 amide bonds. The van der Waals surface area contributed by atoms with Crippen molar-refractivity contribution >= 4 is 20.1 Å². The van der Waals surface area contributed by atoms with E-state index >= 15 is 0 Å². The maximum atomic E-state index is 8.08.